The first kappa shape index (κ1) is 17.6. The molecular weight excluding hydrogens is 308 g/mol. The minimum absolute atomic E-state index is 0.721. The van der Waals surface area contributed by atoms with E-state index in [2.05, 4.69) is 36.2 Å². The summed E-state index contributed by atoms with van der Waals surface area (Å²) in [5.41, 5.74) is 2.15. The van der Waals surface area contributed by atoms with Crippen LogP contribution in [0.4, 0.5) is 5.69 Å². The number of benzene rings is 2. The molecule has 2 aromatic carbocycles. The molecule has 0 spiro atoms. The first-order valence-electron chi connectivity index (χ1n) is 8.15. The number of nitrogens with one attached hydrogen (secondary N) is 1. The molecule has 3 nitrogen and oxygen atoms in total. The Kier molecular flexibility index (Phi) is 7.24. The molecule has 0 saturated heterocycles. The second kappa shape index (κ2) is 9.43. The molecule has 0 heterocycles. The molecule has 0 amide bonds. The predicted molar refractivity (Wildman–Crippen MR) is 98.5 cm³/mol. The van der Waals surface area contributed by atoms with Crippen molar-refractivity contribution in [3.63, 3.8) is 0 Å². The number of hydrogen-bond acceptors (Lipinski definition) is 3. The SMILES string of the molecule is CCN(CC)CCOc1ccc(CNc2ccccc2Cl)cc1. The van der Waals surface area contributed by atoms with Gasteiger partial charge in [0.1, 0.15) is 12.4 Å². The second-order valence-corrected chi connectivity index (χ2v) is 5.76. The Hall–Kier alpha value is -1.71. The van der Waals surface area contributed by atoms with Gasteiger partial charge in [-0.25, -0.2) is 0 Å². The maximum Gasteiger partial charge on any atom is 0.119 e. The average Bonchev–Trinajstić information content (AvgIpc) is 2.59. The van der Waals surface area contributed by atoms with E-state index < -0.39 is 0 Å². The van der Waals surface area contributed by atoms with Crippen LogP contribution in [0.3, 0.4) is 0 Å². The van der Waals surface area contributed by atoms with E-state index in [4.69, 9.17) is 16.3 Å². The summed E-state index contributed by atoms with van der Waals surface area (Å²) in [5, 5.41) is 4.08. The normalized spacial score (nSPS) is 10.8. The minimum atomic E-state index is 0.721. The summed E-state index contributed by atoms with van der Waals surface area (Å²) < 4.78 is 5.79. The molecule has 0 bridgehead atoms. The van der Waals surface area contributed by atoms with Crippen molar-refractivity contribution in [3.05, 3.63) is 59.1 Å². The van der Waals surface area contributed by atoms with Crippen molar-refractivity contribution in [2.45, 2.75) is 20.4 Å². The molecule has 0 aliphatic heterocycles. The zero-order chi connectivity index (χ0) is 16.5. The molecule has 0 atom stereocenters. The number of nitrogens with zero attached hydrogens (tertiary/aromatic N) is 1. The highest BCUT2D eigenvalue weighted by Gasteiger charge is 2.01. The lowest BCUT2D eigenvalue weighted by Gasteiger charge is -2.18. The summed E-state index contributed by atoms with van der Waals surface area (Å²) in [7, 11) is 0. The van der Waals surface area contributed by atoms with Crippen molar-refractivity contribution >= 4 is 17.3 Å². The second-order valence-electron chi connectivity index (χ2n) is 5.35. The van der Waals surface area contributed by atoms with Gasteiger partial charge in [0.25, 0.3) is 0 Å². The zero-order valence-corrected chi connectivity index (χ0v) is 14.6. The Morgan fingerprint density at radius 1 is 1.00 bits per heavy atom. The summed E-state index contributed by atoms with van der Waals surface area (Å²) in [6.45, 7) is 8.89. The molecule has 23 heavy (non-hydrogen) atoms. The first-order chi connectivity index (χ1) is 11.2. The molecule has 0 aromatic heterocycles. The highest BCUT2D eigenvalue weighted by molar-refractivity contribution is 6.33. The van der Waals surface area contributed by atoms with Crippen LogP contribution in [-0.2, 0) is 6.54 Å². The Labute approximate surface area is 144 Å². The molecule has 0 aliphatic rings. The van der Waals surface area contributed by atoms with E-state index in [1.54, 1.807) is 0 Å². The minimum Gasteiger partial charge on any atom is -0.492 e. The highest BCUT2D eigenvalue weighted by Crippen LogP contribution is 2.21. The Balaban J connectivity index is 1.79. The van der Waals surface area contributed by atoms with Gasteiger partial charge in [-0.05, 0) is 42.9 Å². The predicted octanol–water partition coefficient (Wildman–Crippen LogP) is 4.67. The molecule has 0 unspecified atom stereocenters. The van der Waals surface area contributed by atoms with Crippen molar-refractivity contribution in [1.82, 2.24) is 4.90 Å². The highest BCUT2D eigenvalue weighted by atomic mass is 35.5. The summed E-state index contributed by atoms with van der Waals surface area (Å²) >= 11 is 6.14. The maximum absolute atomic E-state index is 6.14. The summed E-state index contributed by atoms with van der Waals surface area (Å²) in [4.78, 5) is 2.35. The molecule has 0 radical (unpaired) electrons. The van der Waals surface area contributed by atoms with Gasteiger partial charge in [-0.1, -0.05) is 49.7 Å². The number of hydrogen-bond donors (Lipinski definition) is 1. The number of anilines is 1. The van der Waals surface area contributed by atoms with E-state index in [9.17, 15) is 0 Å². The third-order valence-corrected chi connectivity index (χ3v) is 4.18. The molecule has 2 aromatic rings. The monoisotopic (exact) mass is 332 g/mol. The molecule has 0 saturated carbocycles. The zero-order valence-electron chi connectivity index (χ0n) is 13.9. The van der Waals surface area contributed by atoms with Crippen LogP contribution >= 0.6 is 11.6 Å². The first-order valence-corrected chi connectivity index (χ1v) is 8.53. The molecule has 1 N–H and O–H groups in total. The topological polar surface area (TPSA) is 24.5 Å². The molecule has 124 valence electrons. The maximum atomic E-state index is 6.14. The third kappa shape index (κ3) is 5.77. The third-order valence-electron chi connectivity index (χ3n) is 3.85. The molecule has 0 fully saturated rings. The van der Waals surface area contributed by atoms with Crippen molar-refractivity contribution in [2.24, 2.45) is 0 Å². The van der Waals surface area contributed by atoms with E-state index in [0.717, 1.165) is 49.2 Å². The van der Waals surface area contributed by atoms with Gasteiger partial charge in [0.2, 0.25) is 0 Å². The number of halogens is 1. The van der Waals surface area contributed by atoms with Gasteiger partial charge in [-0.3, -0.25) is 0 Å². The summed E-state index contributed by atoms with van der Waals surface area (Å²) in [6, 6.07) is 16.0. The van der Waals surface area contributed by atoms with Crippen molar-refractivity contribution in [2.75, 3.05) is 31.6 Å². The number of ether oxygens (including phenoxy) is 1. The number of rotatable bonds is 9. The van der Waals surface area contributed by atoms with Crippen LogP contribution in [0, 0.1) is 0 Å². The lowest BCUT2D eigenvalue weighted by atomic mass is 10.2. The van der Waals surface area contributed by atoms with Gasteiger partial charge in [-0.15, -0.1) is 0 Å². The van der Waals surface area contributed by atoms with Crippen molar-refractivity contribution in [1.29, 1.82) is 0 Å². The van der Waals surface area contributed by atoms with Crippen LogP contribution in [0.2, 0.25) is 5.02 Å². The van der Waals surface area contributed by atoms with Gasteiger partial charge >= 0.3 is 0 Å². The van der Waals surface area contributed by atoms with Crippen molar-refractivity contribution in [3.8, 4) is 5.75 Å². The fraction of sp³-hybridized carbons (Fsp3) is 0.368. The molecule has 4 heteroatoms. The van der Waals surface area contributed by atoms with E-state index >= 15 is 0 Å². The number of likely N-dealkylation sites (N-methyl/N-ethyl adjacent to an activating group) is 1. The van der Waals surface area contributed by atoms with Crippen LogP contribution in [0.1, 0.15) is 19.4 Å². The van der Waals surface area contributed by atoms with Gasteiger partial charge < -0.3 is 15.0 Å². The molecule has 0 aliphatic carbocycles. The summed E-state index contributed by atoms with van der Waals surface area (Å²) in [5.74, 6) is 0.915. The summed E-state index contributed by atoms with van der Waals surface area (Å²) in [6.07, 6.45) is 0. The van der Waals surface area contributed by atoms with Crippen molar-refractivity contribution < 1.29 is 4.74 Å². The fourth-order valence-corrected chi connectivity index (χ4v) is 2.54. The standard InChI is InChI=1S/C19H25ClN2O/c1-3-22(4-2)13-14-23-17-11-9-16(10-12-17)15-21-19-8-6-5-7-18(19)20/h5-12,21H,3-4,13-15H2,1-2H3. The lowest BCUT2D eigenvalue weighted by molar-refractivity contribution is 0.223. The van der Waals surface area contributed by atoms with Crippen LogP contribution in [-0.4, -0.2) is 31.1 Å². The fourth-order valence-electron chi connectivity index (χ4n) is 2.34. The molecule has 2 rings (SSSR count). The van der Waals surface area contributed by atoms with E-state index in [1.165, 1.54) is 5.56 Å². The number of para-hydroxylation sites is 1. The van der Waals surface area contributed by atoms with Gasteiger partial charge in [0.15, 0.2) is 0 Å². The van der Waals surface area contributed by atoms with Gasteiger partial charge in [-0.2, -0.15) is 0 Å². The average molecular weight is 333 g/mol. The van der Waals surface area contributed by atoms with E-state index in [0.29, 0.717) is 0 Å². The van der Waals surface area contributed by atoms with Gasteiger partial charge in [0, 0.05) is 13.1 Å². The largest absolute Gasteiger partial charge is 0.492 e. The molecular formula is C19H25ClN2O. The Morgan fingerprint density at radius 3 is 2.35 bits per heavy atom. The smallest absolute Gasteiger partial charge is 0.119 e. The van der Waals surface area contributed by atoms with E-state index in [-0.39, 0.29) is 0 Å². The van der Waals surface area contributed by atoms with Crippen LogP contribution < -0.4 is 10.1 Å². The van der Waals surface area contributed by atoms with Gasteiger partial charge in [0.05, 0.1) is 10.7 Å². The Morgan fingerprint density at radius 2 is 1.70 bits per heavy atom. The van der Waals surface area contributed by atoms with E-state index in [1.807, 2.05) is 36.4 Å². The van der Waals surface area contributed by atoms with Crippen LogP contribution in [0.15, 0.2) is 48.5 Å². The quantitative estimate of drug-likeness (QED) is 0.722. The lowest BCUT2D eigenvalue weighted by Crippen LogP contribution is -2.27. The Bertz CT molecular complexity index is 582. The van der Waals surface area contributed by atoms with Crippen LogP contribution in [0.5, 0.6) is 5.75 Å². The van der Waals surface area contributed by atoms with Crippen LogP contribution in [0.25, 0.3) is 0 Å².